The number of benzene rings is 1. The summed E-state index contributed by atoms with van der Waals surface area (Å²) in [6, 6.07) is 4.55. The largest absolute Gasteiger partial charge is 0.495 e. The molecule has 0 aromatic heterocycles. The summed E-state index contributed by atoms with van der Waals surface area (Å²) in [6.07, 6.45) is 5.24. The van der Waals surface area contributed by atoms with E-state index in [1.54, 1.807) is 7.11 Å². The number of nitrogens with one attached hydrogen (secondary N) is 1. The molecule has 112 valence electrons. The topological polar surface area (TPSA) is 21.3 Å². The minimum Gasteiger partial charge on any atom is -0.495 e. The fourth-order valence-corrected chi connectivity index (χ4v) is 3.44. The number of hydrogen-bond acceptors (Lipinski definition) is 2. The van der Waals surface area contributed by atoms with Crippen molar-refractivity contribution < 1.29 is 4.74 Å². The molecule has 0 saturated heterocycles. The molecule has 2 nitrogen and oxygen atoms in total. The van der Waals surface area contributed by atoms with Crippen molar-refractivity contribution in [1.29, 1.82) is 0 Å². The van der Waals surface area contributed by atoms with Gasteiger partial charge in [-0.25, -0.2) is 0 Å². The van der Waals surface area contributed by atoms with E-state index in [9.17, 15) is 0 Å². The van der Waals surface area contributed by atoms with E-state index in [1.807, 2.05) is 13.0 Å². The summed E-state index contributed by atoms with van der Waals surface area (Å²) >= 11 is 6.18. The van der Waals surface area contributed by atoms with E-state index in [2.05, 4.69) is 25.2 Å². The number of rotatable bonds is 4. The van der Waals surface area contributed by atoms with Crippen molar-refractivity contribution >= 4 is 17.3 Å². The van der Waals surface area contributed by atoms with E-state index in [1.165, 1.54) is 25.7 Å². The van der Waals surface area contributed by atoms with E-state index >= 15 is 0 Å². The number of ether oxygens (including phenoxy) is 1. The normalized spacial score (nSPS) is 22.9. The molecule has 1 aromatic rings. The fraction of sp³-hybridized carbons (Fsp3) is 0.647. The Kier molecular flexibility index (Phi) is 5.20. The first kappa shape index (κ1) is 15.5. The van der Waals surface area contributed by atoms with Crippen LogP contribution in [-0.2, 0) is 0 Å². The molecule has 1 N–H and O–H groups in total. The quantitative estimate of drug-likeness (QED) is 0.815. The van der Waals surface area contributed by atoms with Gasteiger partial charge in [0, 0.05) is 17.1 Å². The van der Waals surface area contributed by atoms with E-state index < -0.39 is 0 Å². The van der Waals surface area contributed by atoms with Gasteiger partial charge in [-0.1, -0.05) is 38.3 Å². The number of halogens is 1. The molecule has 1 fully saturated rings. The van der Waals surface area contributed by atoms with Gasteiger partial charge >= 0.3 is 0 Å². The van der Waals surface area contributed by atoms with Gasteiger partial charge in [0.2, 0.25) is 0 Å². The predicted molar refractivity (Wildman–Crippen MR) is 86.9 cm³/mol. The van der Waals surface area contributed by atoms with Crippen molar-refractivity contribution in [2.24, 2.45) is 11.8 Å². The van der Waals surface area contributed by atoms with Crippen molar-refractivity contribution in [1.82, 2.24) is 0 Å². The Bertz CT molecular complexity index is 459. The Morgan fingerprint density at radius 1 is 1.25 bits per heavy atom. The van der Waals surface area contributed by atoms with Gasteiger partial charge in [-0.15, -0.1) is 0 Å². The highest BCUT2D eigenvalue weighted by molar-refractivity contribution is 6.31. The van der Waals surface area contributed by atoms with Gasteiger partial charge in [0.25, 0.3) is 0 Å². The van der Waals surface area contributed by atoms with Gasteiger partial charge < -0.3 is 10.1 Å². The van der Waals surface area contributed by atoms with E-state index in [-0.39, 0.29) is 0 Å². The molecule has 2 unspecified atom stereocenters. The van der Waals surface area contributed by atoms with Crippen LogP contribution in [0.4, 0.5) is 5.69 Å². The Morgan fingerprint density at radius 2 is 1.95 bits per heavy atom. The molecule has 1 saturated carbocycles. The molecule has 3 heteroatoms. The van der Waals surface area contributed by atoms with Crippen LogP contribution in [0.1, 0.15) is 45.1 Å². The van der Waals surface area contributed by atoms with Gasteiger partial charge in [0.15, 0.2) is 0 Å². The van der Waals surface area contributed by atoms with E-state index in [0.717, 1.165) is 27.9 Å². The second-order valence-corrected chi connectivity index (χ2v) is 6.65. The number of aryl methyl sites for hydroxylation is 1. The molecule has 0 amide bonds. The van der Waals surface area contributed by atoms with Gasteiger partial charge in [-0.2, -0.15) is 0 Å². The summed E-state index contributed by atoms with van der Waals surface area (Å²) in [5.74, 6) is 2.30. The molecule has 0 aliphatic heterocycles. The summed E-state index contributed by atoms with van der Waals surface area (Å²) in [4.78, 5) is 0. The lowest BCUT2D eigenvalue weighted by Crippen LogP contribution is -2.35. The van der Waals surface area contributed by atoms with Crippen LogP contribution in [0.3, 0.4) is 0 Å². The summed E-state index contributed by atoms with van der Waals surface area (Å²) in [5.41, 5.74) is 2.17. The second kappa shape index (κ2) is 6.71. The smallest absolute Gasteiger partial charge is 0.143 e. The molecule has 20 heavy (non-hydrogen) atoms. The van der Waals surface area contributed by atoms with Gasteiger partial charge in [-0.05, 0) is 43.2 Å². The first-order valence-electron chi connectivity index (χ1n) is 7.63. The van der Waals surface area contributed by atoms with Crippen LogP contribution in [0.15, 0.2) is 12.1 Å². The maximum Gasteiger partial charge on any atom is 0.143 e. The van der Waals surface area contributed by atoms with Crippen LogP contribution in [-0.4, -0.2) is 13.2 Å². The highest BCUT2D eigenvalue weighted by Crippen LogP contribution is 2.36. The SMILES string of the molecule is COc1cc(Cl)c(C)cc1NC1CCCCC1C(C)C. The third-order valence-corrected chi connectivity index (χ3v) is 4.90. The molecule has 0 radical (unpaired) electrons. The average molecular weight is 296 g/mol. The molecular weight excluding hydrogens is 270 g/mol. The summed E-state index contributed by atoms with van der Waals surface area (Å²) in [7, 11) is 1.70. The molecule has 1 aromatic carbocycles. The fourth-order valence-electron chi connectivity index (χ4n) is 3.28. The third kappa shape index (κ3) is 3.41. The zero-order valence-electron chi connectivity index (χ0n) is 13.0. The standard InChI is InChI=1S/C17H26ClNO/c1-11(2)13-7-5-6-8-15(13)19-16-9-12(3)14(18)10-17(16)20-4/h9-11,13,15,19H,5-8H2,1-4H3. The highest BCUT2D eigenvalue weighted by Gasteiger charge is 2.28. The van der Waals surface area contributed by atoms with Crippen molar-refractivity contribution in [3.8, 4) is 5.75 Å². The van der Waals surface area contributed by atoms with Gasteiger partial charge in [0.1, 0.15) is 5.75 Å². The van der Waals surface area contributed by atoms with Crippen LogP contribution < -0.4 is 10.1 Å². The van der Waals surface area contributed by atoms with E-state index in [0.29, 0.717) is 12.0 Å². The average Bonchev–Trinajstić information content (AvgIpc) is 2.43. The lowest BCUT2D eigenvalue weighted by atomic mass is 9.77. The molecule has 0 spiro atoms. The zero-order chi connectivity index (χ0) is 14.7. The Balaban J connectivity index is 2.21. The predicted octanol–water partition coefficient (Wildman–Crippen LogP) is 5.28. The molecule has 2 atom stereocenters. The van der Waals surface area contributed by atoms with Crippen molar-refractivity contribution in [3.63, 3.8) is 0 Å². The monoisotopic (exact) mass is 295 g/mol. The minimum atomic E-state index is 0.540. The molecule has 2 rings (SSSR count). The molecule has 0 heterocycles. The van der Waals surface area contributed by atoms with Crippen LogP contribution in [0.2, 0.25) is 5.02 Å². The molecule has 0 bridgehead atoms. The van der Waals surface area contributed by atoms with Crippen molar-refractivity contribution in [3.05, 3.63) is 22.7 Å². The maximum atomic E-state index is 6.18. The molecular formula is C17H26ClNO. The van der Waals surface area contributed by atoms with Crippen molar-refractivity contribution in [2.45, 2.75) is 52.5 Å². The lowest BCUT2D eigenvalue weighted by Gasteiger charge is -2.36. The summed E-state index contributed by atoms with van der Waals surface area (Å²) in [6.45, 7) is 6.69. The third-order valence-electron chi connectivity index (χ3n) is 4.50. The van der Waals surface area contributed by atoms with Crippen LogP contribution in [0.25, 0.3) is 0 Å². The van der Waals surface area contributed by atoms with E-state index in [4.69, 9.17) is 16.3 Å². The summed E-state index contributed by atoms with van der Waals surface area (Å²) in [5, 5.41) is 4.48. The van der Waals surface area contributed by atoms with Gasteiger partial charge in [-0.3, -0.25) is 0 Å². The lowest BCUT2D eigenvalue weighted by molar-refractivity contribution is 0.253. The number of methoxy groups -OCH3 is 1. The highest BCUT2D eigenvalue weighted by atomic mass is 35.5. The minimum absolute atomic E-state index is 0.540. The Labute approximate surface area is 127 Å². The zero-order valence-corrected chi connectivity index (χ0v) is 13.8. The van der Waals surface area contributed by atoms with Crippen LogP contribution in [0, 0.1) is 18.8 Å². The van der Waals surface area contributed by atoms with Crippen molar-refractivity contribution in [2.75, 3.05) is 12.4 Å². The molecule has 1 aliphatic carbocycles. The van der Waals surface area contributed by atoms with Crippen LogP contribution in [0.5, 0.6) is 5.75 Å². The first-order valence-corrected chi connectivity index (χ1v) is 8.01. The Morgan fingerprint density at radius 3 is 2.60 bits per heavy atom. The second-order valence-electron chi connectivity index (χ2n) is 6.24. The van der Waals surface area contributed by atoms with Gasteiger partial charge in [0.05, 0.1) is 12.8 Å². The summed E-state index contributed by atoms with van der Waals surface area (Å²) < 4.78 is 5.47. The number of anilines is 1. The van der Waals surface area contributed by atoms with Crippen LogP contribution >= 0.6 is 11.6 Å². The maximum absolute atomic E-state index is 6.18. The Hall–Kier alpha value is -0.890. The molecule has 1 aliphatic rings. The first-order chi connectivity index (χ1) is 9.52. The number of hydrogen-bond donors (Lipinski definition) is 1.